The lowest BCUT2D eigenvalue weighted by molar-refractivity contribution is -0.123. The molecule has 2 radical (unpaired) electrons. The summed E-state index contributed by atoms with van der Waals surface area (Å²) in [6, 6.07) is 3.37. The quantitative estimate of drug-likeness (QED) is 0.135. The number of fused-ring (bicyclic) bond motifs is 2. The first kappa shape index (κ1) is 27.6. The van der Waals surface area contributed by atoms with Crippen molar-refractivity contribution >= 4 is 42.0 Å². The molecule has 12 heteroatoms. The summed E-state index contributed by atoms with van der Waals surface area (Å²) in [4.78, 5) is 22.0. The fraction of sp³-hybridized carbons (Fsp3) is 0.444. The van der Waals surface area contributed by atoms with Gasteiger partial charge >= 0.3 is 0 Å². The van der Waals surface area contributed by atoms with Gasteiger partial charge in [0.1, 0.15) is 19.5 Å². The van der Waals surface area contributed by atoms with Crippen LogP contribution in [0.5, 0.6) is 0 Å². The van der Waals surface area contributed by atoms with E-state index in [2.05, 4.69) is 43.9 Å². The molecule has 39 heavy (non-hydrogen) atoms. The molecule has 0 bridgehead atoms. The molecule has 1 aliphatic heterocycles. The molecule has 6 rings (SSSR count). The number of hydrazine groups is 1. The van der Waals surface area contributed by atoms with Crippen LogP contribution in [0.4, 0.5) is 0 Å². The first-order valence-electron chi connectivity index (χ1n) is 13.4. The van der Waals surface area contributed by atoms with Crippen molar-refractivity contribution in [1.82, 2.24) is 34.8 Å². The van der Waals surface area contributed by atoms with Crippen LogP contribution in [0, 0.1) is 0 Å². The predicted molar refractivity (Wildman–Crippen MR) is 152 cm³/mol. The Morgan fingerprint density at radius 2 is 2.03 bits per heavy atom. The van der Waals surface area contributed by atoms with Crippen molar-refractivity contribution < 1.29 is 9.53 Å². The first-order valence-corrected chi connectivity index (χ1v) is 13.8. The van der Waals surface area contributed by atoms with E-state index >= 15 is 0 Å². The summed E-state index contributed by atoms with van der Waals surface area (Å²) < 4.78 is 9.35. The predicted octanol–water partition coefficient (Wildman–Crippen LogP) is 1.68. The molecule has 2 aliphatic rings. The van der Waals surface area contributed by atoms with Gasteiger partial charge in [-0.15, -0.1) is 0 Å². The van der Waals surface area contributed by atoms with Crippen molar-refractivity contribution in [1.29, 1.82) is 0 Å². The Labute approximate surface area is 234 Å². The van der Waals surface area contributed by atoms with Gasteiger partial charge in [-0.05, 0) is 36.5 Å². The van der Waals surface area contributed by atoms with Crippen LogP contribution in [0.25, 0.3) is 11.2 Å². The minimum absolute atomic E-state index is 0.196. The summed E-state index contributed by atoms with van der Waals surface area (Å²) in [6.45, 7) is 6.52. The Morgan fingerprint density at radius 1 is 1.23 bits per heavy atom. The lowest BCUT2D eigenvalue weighted by atomic mass is 9.95. The van der Waals surface area contributed by atoms with Gasteiger partial charge in [0, 0.05) is 48.2 Å². The normalized spacial score (nSPS) is 16.1. The number of imidazole rings is 2. The summed E-state index contributed by atoms with van der Waals surface area (Å²) in [5.41, 5.74) is 8.83. The highest BCUT2D eigenvalue weighted by Gasteiger charge is 2.29. The number of halogens is 1. The second kappa shape index (κ2) is 12.1. The van der Waals surface area contributed by atoms with E-state index in [9.17, 15) is 4.79 Å². The van der Waals surface area contributed by atoms with Crippen LogP contribution >= 0.6 is 11.6 Å². The number of hydrogen-bond donors (Lipinski definition) is 4. The summed E-state index contributed by atoms with van der Waals surface area (Å²) in [7, 11) is 6.11. The van der Waals surface area contributed by atoms with Crippen molar-refractivity contribution in [2.45, 2.75) is 57.7 Å². The van der Waals surface area contributed by atoms with Crippen LogP contribution in [0.2, 0.25) is 5.02 Å². The van der Waals surface area contributed by atoms with Gasteiger partial charge in [0.15, 0.2) is 0 Å². The molecule has 5 heterocycles. The Kier molecular flexibility index (Phi) is 8.53. The topological polar surface area (TPSA) is 123 Å². The van der Waals surface area contributed by atoms with Crippen LogP contribution in [0.15, 0.2) is 37.1 Å². The zero-order valence-electron chi connectivity index (χ0n) is 22.3. The summed E-state index contributed by atoms with van der Waals surface area (Å²) in [5, 5.41) is 6.61. The maximum Gasteiger partial charge on any atom is 0.240 e. The van der Waals surface area contributed by atoms with E-state index in [0.29, 0.717) is 46.6 Å². The minimum atomic E-state index is -0.643. The van der Waals surface area contributed by atoms with E-state index in [1.165, 1.54) is 24.0 Å². The Bertz CT molecular complexity index is 1460. The number of hydrogen-bond acceptors (Lipinski definition) is 7. The molecule has 1 unspecified atom stereocenters. The largest absolute Gasteiger partial charge is 0.380 e. The lowest BCUT2D eigenvalue weighted by Gasteiger charge is -2.27. The maximum atomic E-state index is 12.8. The molecule has 1 aliphatic carbocycles. The molecule has 4 aromatic rings. The van der Waals surface area contributed by atoms with Crippen LogP contribution < -0.4 is 27.4 Å². The molecule has 1 saturated carbocycles. The maximum absolute atomic E-state index is 12.8. The molecule has 204 valence electrons. The van der Waals surface area contributed by atoms with Crippen LogP contribution in [0.3, 0.4) is 0 Å². The third-order valence-electron chi connectivity index (χ3n) is 7.14. The number of nitrogens with zero attached hydrogens (tertiary/aromatic N) is 4. The molecule has 2 fully saturated rings. The van der Waals surface area contributed by atoms with Gasteiger partial charge in [0.25, 0.3) is 0 Å². The lowest BCUT2D eigenvalue weighted by Crippen LogP contribution is -2.52. The fourth-order valence-corrected chi connectivity index (χ4v) is 4.94. The number of carbonyl (C=O) groups excluding carboxylic acids is 1. The van der Waals surface area contributed by atoms with Gasteiger partial charge in [-0.1, -0.05) is 30.9 Å². The van der Waals surface area contributed by atoms with Crippen LogP contribution in [0.1, 0.15) is 61.0 Å². The number of nitrogens with two attached hydrogens (primary N) is 1. The van der Waals surface area contributed by atoms with Gasteiger partial charge < -0.3 is 24.2 Å². The molecular formula is C27H34BClN8O2. The van der Waals surface area contributed by atoms with Gasteiger partial charge in [0.2, 0.25) is 5.91 Å². The molecule has 1 saturated heterocycles. The minimum Gasteiger partial charge on any atom is -0.380 e. The summed E-state index contributed by atoms with van der Waals surface area (Å²) >= 11 is 6.14. The fourth-order valence-electron chi connectivity index (χ4n) is 4.79. The van der Waals surface area contributed by atoms with Crippen molar-refractivity contribution in [3.8, 4) is 0 Å². The van der Waals surface area contributed by atoms with Crippen molar-refractivity contribution in [3.05, 3.63) is 64.6 Å². The summed E-state index contributed by atoms with van der Waals surface area (Å²) in [6.07, 6.45) is 10.2. The monoisotopic (exact) mass is 548 g/mol. The number of pyridine rings is 2. The average Bonchev–Trinajstić information content (AvgIpc) is 3.56. The van der Waals surface area contributed by atoms with Crippen LogP contribution in [-0.4, -0.2) is 58.3 Å². The standard InChI is InChI=1S/C25H28BClN8O2.C2H6/c26-22-19(27)3-4-34-13-31-20(23(22)34)8-30-25(36)21(33-28)7-29-6-17-10-35-9-15(14-1-2-14)5-18(24(35)32-17)16-11-37-12-16;1-2/h3-5,9-10,13-14,16,21,29,33H,1-2,6-8,11-12,28H2,(H,30,36);1-2H3. The van der Waals surface area contributed by atoms with Crippen molar-refractivity contribution in [2.24, 2.45) is 5.84 Å². The highest BCUT2D eigenvalue weighted by molar-refractivity contribution is 6.47. The molecule has 0 aromatic carbocycles. The molecule has 10 nitrogen and oxygen atoms in total. The molecular weight excluding hydrogens is 515 g/mol. The molecule has 4 aromatic heterocycles. The van der Waals surface area contributed by atoms with Gasteiger partial charge in [-0.2, -0.15) is 0 Å². The Hall–Kier alpha value is -2.96. The van der Waals surface area contributed by atoms with E-state index < -0.39 is 6.04 Å². The zero-order chi connectivity index (χ0) is 27.5. The van der Waals surface area contributed by atoms with E-state index in [0.717, 1.165) is 24.6 Å². The number of rotatable bonds is 10. The van der Waals surface area contributed by atoms with Gasteiger partial charge in [-0.3, -0.25) is 10.6 Å². The Morgan fingerprint density at radius 3 is 2.72 bits per heavy atom. The SMILES string of the molecule is CC.[B]c1c(Cl)ccn2cnc(CNC(=O)C(CNCc3cn4cc(C5CC5)cc(C5COC5)c4n3)NN)c12. The first-order chi connectivity index (χ1) is 19.0. The highest BCUT2D eigenvalue weighted by Crippen LogP contribution is 2.42. The molecule has 5 N–H and O–H groups in total. The number of amides is 1. The Balaban J connectivity index is 0.00000151. The van der Waals surface area contributed by atoms with Gasteiger partial charge in [-0.25, -0.2) is 15.4 Å². The van der Waals surface area contributed by atoms with E-state index in [-0.39, 0.29) is 12.5 Å². The molecule has 0 spiro atoms. The number of nitrogens with one attached hydrogen (secondary N) is 3. The van der Waals surface area contributed by atoms with Crippen molar-refractivity contribution in [3.63, 3.8) is 0 Å². The molecule has 1 amide bonds. The number of ether oxygens (including phenoxy) is 1. The summed E-state index contributed by atoms with van der Waals surface area (Å²) in [5.74, 6) is 6.49. The van der Waals surface area contributed by atoms with E-state index in [4.69, 9.17) is 35.0 Å². The third kappa shape index (κ3) is 5.83. The van der Waals surface area contributed by atoms with E-state index in [1.54, 1.807) is 23.0 Å². The van der Waals surface area contributed by atoms with Crippen molar-refractivity contribution in [2.75, 3.05) is 19.8 Å². The second-order valence-corrected chi connectivity index (χ2v) is 10.2. The van der Waals surface area contributed by atoms with Crippen LogP contribution in [-0.2, 0) is 22.6 Å². The smallest absolute Gasteiger partial charge is 0.240 e. The third-order valence-corrected chi connectivity index (χ3v) is 7.47. The number of aromatic nitrogens is 4. The molecule has 1 atom stereocenters. The highest BCUT2D eigenvalue weighted by atomic mass is 35.5. The average molecular weight is 549 g/mol. The zero-order valence-corrected chi connectivity index (χ0v) is 23.0. The number of carbonyl (C=O) groups is 1. The second-order valence-electron chi connectivity index (χ2n) is 9.79. The van der Waals surface area contributed by atoms with E-state index in [1.807, 2.05) is 13.8 Å². The van der Waals surface area contributed by atoms with Gasteiger partial charge in [0.05, 0.1) is 43.0 Å².